The zero-order chi connectivity index (χ0) is 15.3. The van der Waals surface area contributed by atoms with Gasteiger partial charge in [0.1, 0.15) is 31.5 Å². The normalized spacial score (nSPS) is 39.9. The van der Waals surface area contributed by atoms with Gasteiger partial charge in [0.2, 0.25) is 0 Å². The molecule has 3 heterocycles. The summed E-state index contributed by atoms with van der Waals surface area (Å²) in [6, 6.07) is -0.968. The smallest absolute Gasteiger partial charge is 0.431 e. The van der Waals surface area contributed by atoms with E-state index >= 15 is 0 Å². The number of carbonyl (C=O) groups excluding carboxylic acids is 1. The lowest BCUT2D eigenvalue weighted by molar-refractivity contribution is -0.299. The number of fused-ring (bicyclic) bond motifs is 2. The molecular formula is C11H15N3O7. The van der Waals surface area contributed by atoms with E-state index in [2.05, 4.69) is 10.0 Å². The Hall–Kier alpha value is -1.58. The van der Waals surface area contributed by atoms with Gasteiger partial charge in [-0.2, -0.15) is 0 Å². The van der Waals surface area contributed by atoms with Gasteiger partial charge < -0.3 is 28.8 Å². The average Bonchev–Trinajstić information content (AvgIpc) is 2.74. The van der Waals surface area contributed by atoms with Gasteiger partial charge in [-0.15, -0.1) is 0 Å². The Kier molecular flexibility index (Phi) is 3.23. The number of hydrogen-bond donors (Lipinski definition) is 1. The molecule has 3 saturated heterocycles. The summed E-state index contributed by atoms with van der Waals surface area (Å²) in [5.41, 5.74) is 7.42. The first-order valence-corrected chi connectivity index (χ1v) is 6.42. The van der Waals surface area contributed by atoms with Crippen molar-refractivity contribution in [2.75, 3.05) is 13.2 Å². The third-order valence-corrected chi connectivity index (χ3v) is 3.69. The van der Waals surface area contributed by atoms with E-state index in [9.17, 15) is 9.90 Å². The number of carbonyl (C=O) groups is 1. The van der Waals surface area contributed by atoms with Crippen LogP contribution in [-0.2, 0) is 23.7 Å². The summed E-state index contributed by atoms with van der Waals surface area (Å²) in [7, 11) is 0. The second kappa shape index (κ2) is 4.72. The summed E-state index contributed by atoms with van der Waals surface area (Å²) in [5.74, 6) is -0.958. The second-order valence-electron chi connectivity index (χ2n) is 5.62. The molecule has 0 bridgehead atoms. The van der Waals surface area contributed by atoms with Crippen molar-refractivity contribution in [2.24, 2.45) is 5.11 Å². The molecule has 3 aliphatic heterocycles. The Morgan fingerprint density at radius 3 is 2.57 bits per heavy atom. The van der Waals surface area contributed by atoms with E-state index in [1.165, 1.54) is 0 Å². The molecule has 1 spiro atoms. The fourth-order valence-electron chi connectivity index (χ4n) is 2.85. The van der Waals surface area contributed by atoms with Crippen molar-refractivity contribution < 1.29 is 33.6 Å². The van der Waals surface area contributed by atoms with E-state index in [0.717, 1.165) is 0 Å². The van der Waals surface area contributed by atoms with Gasteiger partial charge >= 0.3 is 6.16 Å². The van der Waals surface area contributed by atoms with Gasteiger partial charge in [-0.1, -0.05) is 5.11 Å². The number of nitrogens with zero attached hydrogens (tertiary/aromatic N) is 3. The molecular weight excluding hydrogens is 286 g/mol. The number of aliphatic hydroxyl groups is 1. The predicted octanol–water partition coefficient (Wildman–Crippen LogP) is 0.440. The highest BCUT2D eigenvalue weighted by Crippen LogP contribution is 2.44. The van der Waals surface area contributed by atoms with Crippen LogP contribution in [0.5, 0.6) is 0 Å². The highest BCUT2D eigenvalue weighted by atomic mass is 16.8. The lowest BCUT2D eigenvalue weighted by Crippen LogP contribution is -2.67. The monoisotopic (exact) mass is 301 g/mol. The third-order valence-electron chi connectivity index (χ3n) is 3.69. The second-order valence-corrected chi connectivity index (χ2v) is 5.62. The van der Waals surface area contributed by atoms with Crippen molar-refractivity contribution in [3.63, 3.8) is 0 Å². The first-order chi connectivity index (χ1) is 9.87. The van der Waals surface area contributed by atoms with Crippen LogP contribution in [0.4, 0.5) is 4.79 Å². The van der Waals surface area contributed by atoms with Crippen LogP contribution >= 0.6 is 0 Å². The van der Waals surface area contributed by atoms with E-state index in [-0.39, 0.29) is 13.2 Å². The van der Waals surface area contributed by atoms with E-state index in [0.29, 0.717) is 0 Å². The summed E-state index contributed by atoms with van der Waals surface area (Å²) in [5, 5.41) is 13.6. The fourth-order valence-corrected chi connectivity index (χ4v) is 2.85. The summed E-state index contributed by atoms with van der Waals surface area (Å²) in [6.07, 6.45) is -3.68. The van der Waals surface area contributed by atoms with Crippen LogP contribution in [0, 0.1) is 0 Å². The van der Waals surface area contributed by atoms with Crippen LogP contribution < -0.4 is 0 Å². The van der Waals surface area contributed by atoms with Crippen molar-refractivity contribution in [3.05, 3.63) is 10.4 Å². The molecule has 3 aliphatic rings. The highest BCUT2D eigenvalue weighted by molar-refractivity contribution is 5.61. The van der Waals surface area contributed by atoms with Crippen molar-refractivity contribution >= 4 is 6.16 Å². The predicted molar refractivity (Wildman–Crippen MR) is 63.9 cm³/mol. The first kappa shape index (κ1) is 14.4. The molecule has 0 aromatic rings. The van der Waals surface area contributed by atoms with Gasteiger partial charge in [0.25, 0.3) is 0 Å². The largest absolute Gasteiger partial charge is 0.508 e. The molecule has 4 atom stereocenters. The minimum atomic E-state index is -1.42. The van der Waals surface area contributed by atoms with E-state index in [1.807, 2.05) is 0 Å². The van der Waals surface area contributed by atoms with Gasteiger partial charge in [-0.3, -0.25) is 0 Å². The van der Waals surface area contributed by atoms with Crippen molar-refractivity contribution in [3.8, 4) is 0 Å². The Morgan fingerprint density at radius 2 is 1.95 bits per heavy atom. The SMILES string of the molecule is CC1(C)OC2[C@@H](N=[N+]=[N-])C(O)OC3(COC(=O)OC3)[C@@H]2O1. The van der Waals surface area contributed by atoms with E-state index in [1.54, 1.807) is 13.8 Å². The van der Waals surface area contributed by atoms with Crippen LogP contribution in [0.2, 0.25) is 0 Å². The Morgan fingerprint density at radius 1 is 1.29 bits per heavy atom. The molecule has 2 unspecified atom stereocenters. The zero-order valence-electron chi connectivity index (χ0n) is 11.5. The van der Waals surface area contributed by atoms with Gasteiger partial charge in [0, 0.05) is 4.91 Å². The Balaban J connectivity index is 1.94. The maximum atomic E-state index is 11.1. The van der Waals surface area contributed by atoms with Gasteiger partial charge in [0.05, 0.1) is 0 Å². The van der Waals surface area contributed by atoms with Crippen LogP contribution in [0.1, 0.15) is 13.8 Å². The topological polar surface area (TPSA) is 132 Å². The number of rotatable bonds is 1. The summed E-state index contributed by atoms with van der Waals surface area (Å²) >= 11 is 0. The molecule has 21 heavy (non-hydrogen) atoms. The molecule has 0 aliphatic carbocycles. The molecule has 3 rings (SSSR count). The van der Waals surface area contributed by atoms with Crippen LogP contribution in [0.15, 0.2) is 5.11 Å². The molecule has 10 nitrogen and oxygen atoms in total. The van der Waals surface area contributed by atoms with Crippen molar-refractivity contribution in [1.29, 1.82) is 0 Å². The Bertz CT molecular complexity index is 494. The molecule has 0 aromatic heterocycles. The number of cyclic esters (lactones) is 2. The molecule has 0 radical (unpaired) electrons. The molecule has 116 valence electrons. The maximum absolute atomic E-state index is 11.1. The standard InChI is InChI=1S/C11H15N3O7/c1-10(2)19-6-5(13-14-12)8(15)21-11(7(6)20-10)3-17-9(16)18-4-11/h5-8,15H,3-4H2,1-2H3/t5-,6?,7-,8?/m1/s1. The molecule has 0 aromatic carbocycles. The average molecular weight is 301 g/mol. The minimum absolute atomic E-state index is 0.146. The molecule has 0 amide bonds. The lowest BCUT2D eigenvalue weighted by atomic mass is 9.86. The number of aliphatic hydroxyl groups excluding tert-OH is 1. The van der Waals surface area contributed by atoms with Gasteiger partial charge in [-0.25, -0.2) is 4.79 Å². The first-order valence-electron chi connectivity index (χ1n) is 6.42. The van der Waals surface area contributed by atoms with Crippen molar-refractivity contribution in [2.45, 2.75) is 49.8 Å². The van der Waals surface area contributed by atoms with Crippen LogP contribution in [0.3, 0.4) is 0 Å². The Labute approximate surface area is 119 Å². The molecule has 1 N–H and O–H groups in total. The van der Waals surface area contributed by atoms with Gasteiger partial charge in [-0.05, 0) is 19.4 Å². The third kappa shape index (κ3) is 2.30. The summed E-state index contributed by atoms with van der Waals surface area (Å²) < 4.78 is 26.7. The van der Waals surface area contributed by atoms with Crippen LogP contribution in [0.25, 0.3) is 10.4 Å². The van der Waals surface area contributed by atoms with E-state index in [4.69, 9.17) is 29.2 Å². The van der Waals surface area contributed by atoms with Gasteiger partial charge in [0.15, 0.2) is 17.7 Å². The van der Waals surface area contributed by atoms with E-state index < -0.39 is 42.1 Å². The van der Waals surface area contributed by atoms with Crippen LogP contribution in [-0.4, -0.2) is 60.4 Å². The highest BCUT2D eigenvalue weighted by Gasteiger charge is 2.63. The summed E-state index contributed by atoms with van der Waals surface area (Å²) in [4.78, 5) is 13.8. The maximum Gasteiger partial charge on any atom is 0.508 e. The fraction of sp³-hybridized carbons (Fsp3) is 0.909. The number of azide groups is 1. The molecule has 3 fully saturated rings. The van der Waals surface area contributed by atoms with Crippen molar-refractivity contribution in [1.82, 2.24) is 0 Å². The quantitative estimate of drug-likeness (QED) is 0.321. The minimum Gasteiger partial charge on any atom is -0.431 e. The molecule has 10 heteroatoms. The molecule has 0 saturated carbocycles. The number of ether oxygens (including phenoxy) is 5. The lowest BCUT2D eigenvalue weighted by Gasteiger charge is -2.47. The zero-order valence-corrected chi connectivity index (χ0v) is 11.5. The number of hydrogen-bond acceptors (Lipinski definition) is 8. The summed E-state index contributed by atoms with van der Waals surface area (Å²) in [6.45, 7) is 3.08.